The van der Waals surface area contributed by atoms with Crippen molar-refractivity contribution in [3.8, 4) is 0 Å². The van der Waals surface area contributed by atoms with Crippen LogP contribution in [0.4, 0.5) is 0 Å². The van der Waals surface area contributed by atoms with Gasteiger partial charge in [0, 0.05) is 19.1 Å². The average Bonchev–Trinajstić information content (AvgIpc) is 2.74. The molecule has 86 valence electrons. The van der Waals surface area contributed by atoms with E-state index in [9.17, 15) is 5.11 Å². The molecule has 1 saturated heterocycles. The van der Waals surface area contributed by atoms with Gasteiger partial charge in [-0.25, -0.2) is 0 Å². The lowest BCUT2D eigenvalue weighted by molar-refractivity contribution is 0.0606. The summed E-state index contributed by atoms with van der Waals surface area (Å²) in [6.07, 6.45) is 4.31. The van der Waals surface area contributed by atoms with Gasteiger partial charge in [0.25, 0.3) is 0 Å². The Kier molecular flexibility index (Phi) is 2.70. The maximum absolute atomic E-state index is 9.54. The fourth-order valence-electron chi connectivity index (χ4n) is 3.11. The van der Waals surface area contributed by atoms with Gasteiger partial charge in [-0.3, -0.25) is 4.90 Å². The van der Waals surface area contributed by atoms with Gasteiger partial charge in [-0.2, -0.15) is 0 Å². The van der Waals surface area contributed by atoms with E-state index in [4.69, 9.17) is 0 Å². The zero-order chi connectivity index (χ0) is 11.0. The first kappa shape index (κ1) is 10.3. The number of aryl methyl sites for hydroxylation is 1. The third-order valence-corrected chi connectivity index (χ3v) is 4.04. The molecule has 2 aliphatic rings. The molecule has 0 amide bonds. The fourth-order valence-corrected chi connectivity index (χ4v) is 3.11. The molecule has 0 bridgehead atoms. The van der Waals surface area contributed by atoms with Gasteiger partial charge in [-0.15, -0.1) is 0 Å². The highest BCUT2D eigenvalue weighted by Crippen LogP contribution is 2.36. The number of hydrogen-bond donors (Lipinski definition) is 1. The Morgan fingerprint density at radius 1 is 1.06 bits per heavy atom. The lowest BCUT2D eigenvalue weighted by Gasteiger charge is -2.34. The molecule has 2 heteroatoms. The van der Waals surface area contributed by atoms with Crippen LogP contribution in [0.15, 0.2) is 24.3 Å². The van der Waals surface area contributed by atoms with Gasteiger partial charge >= 0.3 is 0 Å². The first-order valence-corrected chi connectivity index (χ1v) is 6.34. The predicted molar refractivity (Wildman–Crippen MR) is 64.3 cm³/mol. The summed E-state index contributed by atoms with van der Waals surface area (Å²) >= 11 is 0. The van der Waals surface area contributed by atoms with Gasteiger partial charge in [0.2, 0.25) is 0 Å². The summed E-state index contributed by atoms with van der Waals surface area (Å²) in [5, 5.41) is 9.54. The molecule has 16 heavy (non-hydrogen) atoms. The van der Waals surface area contributed by atoms with E-state index in [1.165, 1.54) is 24.0 Å². The Hall–Kier alpha value is -0.860. The van der Waals surface area contributed by atoms with Crippen LogP contribution in [0.2, 0.25) is 0 Å². The van der Waals surface area contributed by atoms with E-state index in [0.717, 1.165) is 25.9 Å². The molecule has 0 aromatic heterocycles. The highest BCUT2D eigenvalue weighted by molar-refractivity contribution is 5.34. The molecule has 0 unspecified atom stereocenters. The Morgan fingerprint density at radius 2 is 1.81 bits per heavy atom. The molecule has 1 atom stereocenters. The lowest BCUT2D eigenvalue weighted by Crippen LogP contribution is -2.37. The topological polar surface area (TPSA) is 23.5 Å². The monoisotopic (exact) mass is 217 g/mol. The molecule has 1 heterocycles. The van der Waals surface area contributed by atoms with Crippen molar-refractivity contribution in [1.29, 1.82) is 0 Å². The number of likely N-dealkylation sites (tertiary alicyclic amines) is 1. The average molecular weight is 217 g/mol. The van der Waals surface area contributed by atoms with Crippen LogP contribution >= 0.6 is 0 Å². The van der Waals surface area contributed by atoms with Crippen molar-refractivity contribution in [3.63, 3.8) is 0 Å². The summed E-state index contributed by atoms with van der Waals surface area (Å²) < 4.78 is 0. The van der Waals surface area contributed by atoms with Crippen molar-refractivity contribution >= 4 is 0 Å². The summed E-state index contributed by atoms with van der Waals surface area (Å²) in [4.78, 5) is 2.55. The number of rotatable bonds is 1. The Bertz CT molecular complexity index is 369. The van der Waals surface area contributed by atoms with Crippen molar-refractivity contribution in [2.45, 2.75) is 37.8 Å². The second-order valence-electron chi connectivity index (χ2n) is 5.02. The van der Waals surface area contributed by atoms with Gasteiger partial charge in [-0.05, 0) is 36.8 Å². The molecule has 0 spiro atoms. The summed E-state index contributed by atoms with van der Waals surface area (Å²) in [5.41, 5.74) is 3.05. The number of aliphatic hydroxyl groups is 1. The number of fused-ring (bicyclic) bond motifs is 1. The molecule has 2 nitrogen and oxygen atoms in total. The zero-order valence-corrected chi connectivity index (χ0v) is 9.60. The smallest absolute Gasteiger partial charge is 0.0564 e. The molecule has 1 aliphatic heterocycles. The first-order chi connectivity index (χ1) is 7.84. The van der Waals surface area contributed by atoms with Gasteiger partial charge < -0.3 is 5.11 Å². The molecular weight excluding hydrogens is 198 g/mol. The van der Waals surface area contributed by atoms with Crippen LogP contribution in [0.5, 0.6) is 0 Å². The predicted octanol–water partition coefficient (Wildman–Crippen LogP) is 2.13. The van der Waals surface area contributed by atoms with Crippen LogP contribution in [0.25, 0.3) is 0 Å². The van der Waals surface area contributed by atoms with E-state index in [1.54, 1.807) is 0 Å². The second kappa shape index (κ2) is 4.19. The maximum atomic E-state index is 9.54. The highest BCUT2D eigenvalue weighted by Gasteiger charge is 2.29. The van der Waals surface area contributed by atoms with Crippen molar-refractivity contribution < 1.29 is 5.11 Å². The minimum absolute atomic E-state index is 0.0621. The summed E-state index contributed by atoms with van der Waals surface area (Å²) in [7, 11) is 0. The largest absolute Gasteiger partial charge is 0.393 e. The van der Waals surface area contributed by atoms with Crippen LogP contribution in [0.1, 0.15) is 36.4 Å². The first-order valence-electron chi connectivity index (χ1n) is 6.34. The highest BCUT2D eigenvalue weighted by atomic mass is 16.3. The second-order valence-corrected chi connectivity index (χ2v) is 5.02. The number of nitrogens with zero attached hydrogens (tertiary/aromatic N) is 1. The molecule has 0 radical (unpaired) electrons. The van der Waals surface area contributed by atoms with E-state index in [2.05, 4.69) is 29.2 Å². The third-order valence-electron chi connectivity index (χ3n) is 4.04. The van der Waals surface area contributed by atoms with Crippen molar-refractivity contribution in [2.75, 3.05) is 13.1 Å². The number of benzene rings is 1. The normalized spacial score (nSPS) is 26.9. The van der Waals surface area contributed by atoms with E-state index in [-0.39, 0.29) is 6.10 Å². The molecule has 1 aromatic rings. The SMILES string of the molecule is OC1CCN([C@H]2CCc3ccccc32)CC1. The van der Waals surface area contributed by atoms with E-state index >= 15 is 0 Å². The van der Waals surface area contributed by atoms with Crippen LogP contribution in [0.3, 0.4) is 0 Å². The Labute approximate surface area is 96.9 Å². The van der Waals surface area contributed by atoms with Crippen molar-refractivity contribution in [2.24, 2.45) is 0 Å². The van der Waals surface area contributed by atoms with E-state index in [0.29, 0.717) is 6.04 Å². The van der Waals surface area contributed by atoms with Crippen molar-refractivity contribution in [3.05, 3.63) is 35.4 Å². The molecule has 3 rings (SSSR count). The quantitative estimate of drug-likeness (QED) is 0.779. The molecule has 1 fully saturated rings. The molecule has 1 aliphatic carbocycles. The molecule has 1 N–H and O–H groups in total. The summed E-state index contributed by atoms with van der Waals surface area (Å²) in [5.74, 6) is 0. The molecular formula is C14H19NO. The third kappa shape index (κ3) is 1.76. The number of piperidine rings is 1. The van der Waals surface area contributed by atoms with Crippen LogP contribution < -0.4 is 0 Å². The Balaban J connectivity index is 1.77. The number of aliphatic hydroxyl groups excluding tert-OH is 1. The maximum Gasteiger partial charge on any atom is 0.0564 e. The van der Waals surface area contributed by atoms with Crippen LogP contribution in [0, 0.1) is 0 Å². The molecule has 0 saturated carbocycles. The van der Waals surface area contributed by atoms with Crippen LogP contribution in [-0.2, 0) is 6.42 Å². The minimum Gasteiger partial charge on any atom is -0.393 e. The lowest BCUT2D eigenvalue weighted by atomic mass is 10.0. The number of hydrogen-bond acceptors (Lipinski definition) is 2. The summed E-state index contributed by atoms with van der Waals surface area (Å²) in [6, 6.07) is 9.44. The standard InChI is InChI=1S/C14H19NO/c16-12-7-9-15(10-8-12)14-6-5-11-3-1-2-4-13(11)14/h1-4,12,14,16H,5-10H2/t14-/m0/s1. The van der Waals surface area contributed by atoms with Crippen LogP contribution in [-0.4, -0.2) is 29.2 Å². The molecule has 1 aromatic carbocycles. The summed E-state index contributed by atoms with van der Waals surface area (Å²) in [6.45, 7) is 2.11. The van der Waals surface area contributed by atoms with E-state index in [1.807, 2.05) is 0 Å². The fraction of sp³-hybridized carbons (Fsp3) is 0.571. The Morgan fingerprint density at radius 3 is 2.62 bits per heavy atom. The van der Waals surface area contributed by atoms with Gasteiger partial charge in [0.15, 0.2) is 0 Å². The van der Waals surface area contributed by atoms with Gasteiger partial charge in [0.05, 0.1) is 6.10 Å². The van der Waals surface area contributed by atoms with E-state index < -0.39 is 0 Å². The zero-order valence-electron chi connectivity index (χ0n) is 9.60. The minimum atomic E-state index is -0.0621. The van der Waals surface area contributed by atoms with Crippen molar-refractivity contribution in [1.82, 2.24) is 4.90 Å². The van der Waals surface area contributed by atoms with Gasteiger partial charge in [0.1, 0.15) is 0 Å². The van der Waals surface area contributed by atoms with Gasteiger partial charge in [-0.1, -0.05) is 24.3 Å².